The average molecular weight is 855 g/mol. The van der Waals surface area contributed by atoms with Crippen LogP contribution < -0.4 is 0 Å². The molecule has 0 fully saturated rings. The van der Waals surface area contributed by atoms with Gasteiger partial charge in [-0.15, -0.1) is 0 Å². The molecule has 0 unspecified atom stereocenters. The van der Waals surface area contributed by atoms with E-state index < -0.39 is 32.5 Å². The summed E-state index contributed by atoms with van der Waals surface area (Å²) in [6.07, 6.45) is 55.0. The fraction of sp³-hybridized carbons (Fsp3) is 0.880. The average Bonchev–Trinajstić information content (AvgIpc) is 3.21. The van der Waals surface area contributed by atoms with Gasteiger partial charge in [-0.25, -0.2) is 4.57 Å². The molecule has 0 aromatic heterocycles. The van der Waals surface area contributed by atoms with Crippen molar-refractivity contribution < 1.29 is 37.9 Å². The Labute approximate surface area is 364 Å². The standard InChI is InChI=1S/C50H95O8P/c1-3-5-7-9-11-13-15-17-19-21-23-24-25-26-27-29-31-33-35-37-39-41-43-45-50(52)58-48(47-57-59(53,54)55)46-56-49(51)44-42-40-38-36-34-32-30-28-22-20-18-16-14-12-10-8-6-4-2/h29,31,37,39,48H,3-28,30,32-36,38,40-47H2,1-2H3,(H2,53,54,55)/b31-29+,39-37+/t48-/m1/s1. The second-order valence-corrected chi connectivity index (χ2v) is 18.4. The van der Waals surface area contributed by atoms with Gasteiger partial charge < -0.3 is 19.3 Å². The van der Waals surface area contributed by atoms with E-state index in [0.29, 0.717) is 6.42 Å². The lowest BCUT2D eigenvalue weighted by Crippen LogP contribution is -2.29. The number of unbranched alkanes of at least 4 members (excludes halogenated alkanes) is 33. The summed E-state index contributed by atoms with van der Waals surface area (Å²) in [5.41, 5.74) is 0. The second kappa shape index (κ2) is 46.0. The lowest BCUT2D eigenvalue weighted by molar-refractivity contribution is -0.161. The summed E-state index contributed by atoms with van der Waals surface area (Å²) in [5.74, 6) is -0.919. The predicted octanol–water partition coefficient (Wildman–Crippen LogP) is 15.9. The van der Waals surface area contributed by atoms with Crippen LogP contribution >= 0.6 is 7.82 Å². The van der Waals surface area contributed by atoms with Gasteiger partial charge in [-0.3, -0.25) is 14.1 Å². The summed E-state index contributed by atoms with van der Waals surface area (Å²) in [5, 5.41) is 0. The highest BCUT2D eigenvalue weighted by molar-refractivity contribution is 7.46. The number of allylic oxidation sites excluding steroid dienone is 4. The van der Waals surface area contributed by atoms with Crippen molar-refractivity contribution in [3.05, 3.63) is 24.3 Å². The van der Waals surface area contributed by atoms with E-state index in [2.05, 4.69) is 42.7 Å². The number of phosphoric acid groups is 1. The van der Waals surface area contributed by atoms with Gasteiger partial charge >= 0.3 is 19.8 Å². The molecule has 0 aliphatic carbocycles. The number of hydrogen-bond acceptors (Lipinski definition) is 6. The Balaban J connectivity index is 3.85. The van der Waals surface area contributed by atoms with E-state index in [1.54, 1.807) is 0 Å². The van der Waals surface area contributed by atoms with Gasteiger partial charge in [0.15, 0.2) is 6.10 Å². The molecule has 0 rings (SSSR count). The Hall–Kier alpha value is -1.47. The van der Waals surface area contributed by atoms with Gasteiger partial charge in [-0.05, 0) is 44.9 Å². The molecule has 59 heavy (non-hydrogen) atoms. The first kappa shape index (κ1) is 57.5. The Morgan fingerprint density at radius 1 is 0.424 bits per heavy atom. The van der Waals surface area contributed by atoms with Gasteiger partial charge in [0, 0.05) is 12.8 Å². The smallest absolute Gasteiger partial charge is 0.462 e. The second-order valence-electron chi connectivity index (χ2n) is 17.1. The number of hydrogen-bond donors (Lipinski definition) is 2. The molecule has 0 saturated carbocycles. The lowest BCUT2D eigenvalue weighted by atomic mass is 10.0. The molecule has 0 heterocycles. The van der Waals surface area contributed by atoms with Gasteiger partial charge in [0.25, 0.3) is 0 Å². The van der Waals surface area contributed by atoms with Crippen molar-refractivity contribution in [2.75, 3.05) is 13.2 Å². The quantitative estimate of drug-likeness (QED) is 0.0269. The van der Waals surface area contributed by atoms with Crippen LogP contribution in [-0.2, 0) is 28.2 Å². The minimum absolute atomic E-state index is 0.156. The van der Waals surface area contributed by atoms with E-state index >= 15 is 0 Å². The van der Waals surface area contributed by atoms with Crippen LogP contribution in [0.3, 0.4) is 0 Å². The van der Waals surface area contributed by atoms with Crippen molar-refractivity contribution in [1.29, 1.82) is 0 Å². The summed E-state index contributed by atoms with van der Waals surface area (Å²) in [4.78, 5) is 43.0. The van der Waals surface area contributed by atoms with E-state index in [1.165, 1.54) is 186 Å². The normalized spacial score (nSPS) is 12.5. The summed E-state index contributed by atoms with van der Waals surface area (Å²) >= 11 is 0. The van der Waals surface area contributed by atoms with Crippen molar-refractivity contribution in [1.82, 2.24) is 0 Å². The van der Waals surface area contributed by atoms with Crippen LogP contribution in [0.1, 0.15) is 264 Å². The highest BCUT2D eigenvalue weighted by Crippen LogP contribution is 2.36. The summed E-state index contributed by atoms with van der Waals surface area (Å²) in [7, 11) is -4.77. The molecular formula is C50H95O8P. The molecule has 0 amide bonds. The zero-order valence-corrected chi connectivity index (χ0v) is 39.6. The first-order chi connectivity index (χ1) is 28.8. The van der Waals surface area contributed by atoms with Crippen LogP contribution in [0.2, 0.25) is 0 Å². The third-order valence-corrected chi connectivity index (χ3v) is 11.7. The van der Waals surface area contributed by atoms with Crippen LogP contribution in [0.25, 0.3) is 0 Å². The number of esters is 2. The van der Waals surface area contributed by atoms with Gasteiger partial charge in [0.05, 0.1) is 6.61 Å². The van der Waals surface area contributed by atoms with Gasteiger partial charge in [0.2, 0.25) is 0 Å². The van der Waals surface area contributed by atoms with Crippen molar-refractivity contribution in [3.63, 3.8) is 0 Å². The van der Waals surface area contributed by atoms with Crippen molar-refractivity contribution in [3.8, 4) is 0 Å². The maximum absolute atomic E-state index is 12.4. The zero-order valence-electron chi connectivity index (χ0n) is 38.7. The van der Waals surface area contributed by atoms with Gasteiger partial charge in [-0.1, -0.05) is 231 Å². The highest BCUT2D eigenvalue weighted by Gasteiger charge is 2.22. The minimum atomic E-state index is -4.77. The highest BCUT2D eigenvalue weighted by atomic mass is 31.2. The monoisotopic (exact) mass is 855 g/mol. The molecule has 9 heteroatoms. The molecule has 0 aliphatic rings. The molecule has 8 nitrogen and oxygen atoms in total. The van der Waals surface area contributed by atoms with Crippen LogP contribution in [0.15, 0.2) is 24.3 Å². The van der Waals surface area contributed by atoms with Crippen LogP contribution in [0.5, 0.6) is 0 Å². The number of phosphoric ester groups is 1. The molecule has 2 N–H and O–H groups in total. The predicted molar refractivity (Wildman–Crippen MR) is 249 cm³/mol. The Morgan fingerprint density at radius 3 is 1.14 bits per heavy atom. The first-order valence-electron chi connectivity index (χ1n) is 25.1. The Bertz CT molecular complexity index is 1010. The fourth-order valence-corrected chi connectivity index (χ4v) is 7.82. The molecule has 0 aromatic rings. The molecule has 0 aromatic carbocycles. The third kappa shape index (κ3) is 49.1. The molecule has 348 valence electrons. The topological polar surface area (TPSA) is 119 Å². The Kier molecular flexibility index (Phi) is 44.9. The summed E-state index contributed by atoms with van der Waals surface area (Å²) < 4.78 is 26.5. The fourth-order valence-electron chi connectivity index (χ4n) is 7.46. The number of rotatable bonds is 47. The molecule has 1 atom stereocenters. The molecule has 0 saturated heterocycles. The van der Waals surface area contributed by atoms with E-state index in [1.807, 2.05) is 0 Å². The minimum Gasteiger partial charge on any atom is -0.462 e. The van der Waals surface area contributed by atoms with Crippen molar-refractivity contribution in [2.24, 2.45) is 0 Å². The molecule has 0 spiro atoms. The molecular weight excluding hydrogens is 760 g/mol. The Morgan fingerprint density at radius 2 is 0.746 bits per heavy atom. The molecule has 0 radical (unpaired) electrons. The maximum atomic E-state index is 12.4. The van der Waals surface area contributed by atoms with Gasteiger partial charge in [-0.2, -0.15) is 0 Å². The number of carbonyl (C=O) groups is 2. The van der Waals surface area contributed by atoms with E-state index in [9.17, 15) is 14.2 Å². The van der Waals surface area contributed by atoms with Crippen molar-refractivity contribution in [2.45, 2.75) is 270 Å². The lowest BCUT2D eigenvalue weighted by Gasteiger charge is -2.18. The summed E-state index contributed by atoms with van der Waals surface area (Å²) in [6.45, 7) is 3.71. The third-order valence-electron chi connectivity index (χ3n) is 11.2. The zero-order chi connectivity index (χ0) is 43.2. The van der Waals surface area contributed by atoms with E-state index in [-0.39, 0.29) is 19.4 Å². The van der Waals surface area contributed by atoms with Gasteiger partial charge in [0.1, 0.15) is 6.61 Å². The first-order valence-corrected chi connectivity index (χ1v) is 26.7. The largest absolute Gasteiger partial charge is 0.469 e. The number of ether oxygens (including phenoxy) is 2. The van der Waals surface area contributed by atoms with Crippen LogP contribution in [-0.4, -0.2) is 41.0 Å². The molecule has 0 aliphatic heterocycles. The van der Waals surface area contributed by atoms with Crippen LogP contribution in [0, 0.1) is 0 Å². The SMILES string of the molecule is CCCCCCCCCCCCCCCC/C=C/CC/C=C/CCCC(=O)O[C@H](COC(=O)CCCCCCCCCCCCCCCCCCCC)COP(=O)(O)O. The number of carbonyl (C=O) groups excluding carboxylic acids is 2. The van der Waals surface area contributed by atoms with Crippen LogP contribution in [0.4, 0.5) is 0 Å². The molecule has 0 bridgehead atoms. The van der Waals surface area contributed by atoms with E-state index in [4.69, 9.17) is 19.3 Å². The van der Waals surface area contributed by atoms with Crippen molar-refractivity contribution >= 4 is 19.8 Å². The maximum Gasteiger partial charge on any atom is 0.469 e. The van der Waals surface area contributed by atoms with E-state index in [0.717, 1.165) is 44.9 Å². The summed E-state index contributed by atoms with van der Waals surface area (Å²) in [6, 6.07) is 0.